The first-order chi connectivity index (χ1) is 14.0. The summed E-state index contributed by atoms with van der Waals surface area (Å²) in [4.78, 5) is 25.3. The molecule has 1 aliphatic rings. The molecule has 0 fully saturated rings. The third kappa shape index (κ3) is 4.28. The molecule has 0 unspecified atom stereocenters. The molecule has 0 saturated heterocycles. The number of ketones is 1. The molecule has 29 heavy (non-hydrogen) atoms. The molecule has 1 aliphatic carbocycles. The molecule has 8 heteroatoms. The minimum absolute atomic E-state index is 0.0299. The Morgan fingerprint density at radius 2 is 2.07 bits per heavy atom. The summed E-state index contributed by atoms with van der Waals surface area (Å²) in [6.45, 7) is 1.51. The number of rotatable bonds is 6. The fraction of sp³-hybridized carbons (Fsp3) is 0.333. The number of thioether (sulfide) groups is 1. The lowest BCUT2D eigenvalue weighted by molar-refractivity contribution is -0.113. The van der Waals surface area contributed by atoms with Crippen LogP contribution in [0.25, 0.3) is 11.4 Å². The number of thiophene rings is 1. The summed E-state index contributed by atoms with van der Waals surface area (Å²) in [5, 5.41) is 14.4. The van der Waals surface area contributed by atoms with Gasteiger partial charge in [0, 0.05) is 34.1 Å². The van der Waals surface area contributed by atoms with E-state index in [1.54, 1.807) is 24.3 Å². The van der Waals surface area contributed by atoms with Crippen molar-refractivity contribution in [2.45, 2.75) is 37.8 Å². The van der Waals surface area contributed by atoms with Crippen LogP contribution in [0, 0.1) is 0 Å². The van der Waals surface area contributed by atoms with Crippen LogP contribution in [-0.4, -0.2) is 32.2 Å². The zero-order valence-corrected chi connectivity index (χ0v) is 18.0. The van der Waals surface area contributed by atoms with Crippen molar-refractivity contribution in [2.24, 2.45) is 7.05 Å². The van der Waals surface area contributed by atoms with E-state index in [4.69, 9.17) is 0 Å². The molecule has 2 heterocycles. The molecule has 0 bridgehead atoms. The average Bonchev–Trinajstić information content (AvgIpc) is 3.29. The Labute approximate surface area is 177 Å². The second-order valence-corrected chi connectivity index (χ2v) is 9.00. The number of fused-ring (bicyclic) bond motifs is 1. The van der Waals surface area contributed by atoms with E-state index in [1.165, 1.54) is 47.5 Å². The topological polar surface area (TPSA) is 76.9 Å². The Hall–Kier alpha value is -2.45. The second kappa shape index (κ2) is 8.51. The molecule has 150 valence electrons. The largest absolute Gasteiger partial charge is 0.325 e. The van der Waals surface area contributed by atoms with Crippen molar-refractivity contribution in [1.82, 2.24) is 14.8 Å². The molecule has 0 atom stereocenters. The van der Waals surface area contributed by atoms with Gasteiger partial charge < -0.3 is 9.88 Å². The van der Waals surface area contributed by atoms with Gasteiger partial charge in [-0.05, 0) is 50.3 Å². The van der Waals surface area contributed by atoms with Crippen LogP contribution in [0.15, 0.2) is 34.8 Å². The third-order valence-corrected chi connectivity index (χ3v) is 7.13. The van der Waals surface area contributed by atoms with Gasteiger partial charge in [0.25, 0.3) is 0 Å². The number of nitrogens with zero attached hydrogens (tertiary/aromatic N) is 3. The number of anilines is 1. The van der Waals surface area contributed by atoms with E-state index in [0.717, 1.165) is 18.7 Å². The number of nitrogens with one attached hydrogen (secondary N) is 1. The summed E-state index contributed by atoms with van der Waals surface area (Å²) >= 11 is 3.17. The summed E-state index contributed by atoms with van der Waals surface area (Å²) in [6.07, 6.45) is 4.74. The highest BCUT2D eigenvalue weighted by Gasteiger charge is 2.21. The molecule has 0 aliphatic heterocycles. The summed E-state index contributed by atoms with van der Waals surface area (Å²) in [5.74, 6) is 0.908. The van der Waals surface area contributed by atoms with Crippen molar-refractivity contribution < 1.29 is 9.59 Å². The smallest absolute Gasteiger partial charge is 0.234 e. The van der Waals surface area contributed by atoms with Gasteiger partial charge in [-0.2, -0.15) is 0 Å². The van der Waals surface area contributed by atoms with Gasteiger partial charge in [-0.15, -0.1) is 21.5 Å². The molecule has 6 nitrogen and oxygen atoms in total. The van der Waals surface area contributed by atoms with E-state index in [1.807, 2.05) is 23.0 Å². The van der Waals surface area contributed by atoms with Crippen LogP contribution in [-0.2, 0) is 24.7 Å². The van der Waals surface area contributed by atoms with Crippen LogP contribution < -0.4 is 5.32 Å². The summed E-state index contributed by atoms with van der Waals surface area (Å²) in [7, 11) is 1.94. The predicted octanol–water partition coefficient (Wildman–Crippen LogP) is 4.36. The maximum Gasteiger partial charge on any atom is 0.234 e. The lowest BCUT2D eigenvalue weighted by atomic mass is 9.96. The van der Waals surface area contributed by atoms with Crippen molar-refractivity contribution in [3.05, 3.63) is 45.6 Å². The highest BCUT2D eigenvalue weighted by molar-refractivity contribution is 7.99. The van der Waals surface area contributed by atoms with Gasteiger partial charge >= 0.3 is 0 Å². The maximum absolute atomic E-state index is 12.3. The van der Waals surface area contributed by atoms with Gasteiger partial charge in [0.15, 0.2) is 16.8 Å². The quantitative estimate of drug-likeness (QED) is 0.468. The number of hydrogen-bond acceptors (Lipinski definition) is 6. The number of benzene rings is 1. The van der Waals surface area contributed by atoms with Gasteiger partial charge in [0.2, 0.25) is 5.91 Å². The first kappa shape index (κ1) is 19.8. The monoisotopic (exact) mass is 426 g/mol. The first-order valence-corrected chi connectivity index (χ1v) is 11.4. The van der Waals surface area contributed by atoms with E-state index < -0.39 is 0 Å². The van der Waals surface area contributed by atoms with Crippen LogP contribution in [0.2, 0.25) is 0 Å². The molecule has 4 rings (SSSR count). The van der Waals surface area contributed by atoms with Gasteiger partial charge in [-0.3, -0.25) is 9.59 Å². The summed E-state index contributed by atoms with van der Waals surface area (Å²) < 4.78 is 1.96. The summed E-state index contributed by atoms with van der Waals surface area (Å²) in [5.41, 5.74) is 3.78. The van der Waals surface area contributed by atoms with Crippen LogP contribution in [0.5, 0.6) is 0 Å². The molecular formula is C21H22N4O2S2. The molecular weight excluding hydrogens is 404 g/mol. The van der Waals surface area contributed by atoms with Gasteiger partial charge in [0.1, 0.15) is 0 Å². The third-order valence-electron chi connectivity index (χ3n) is 5.02. The molecule has 0 spiro atoms. The van der Waals surface area contributed by atoms with Crippen LogP contribution in [0.3, 0.4) is 0 Å². The number of amides is 1. The molecule has 0 saturated carbocycles. The number of aryl methyl sites for hydroxylation is 1. The lowest BCUT2D eigenvalue weighted by Gasteiger charge is -2.12. The van der Waals surface area contributed by atoms with E-state index >= 15 is 0 Å². The van der Waals surface area contributed by atoms with E-state index in [9.17, 15) is 9.59 Å². The van der Waals surface area contributed by atoms with Gasteiger partial charge in [-0.25, -0.2) is 0 Å². The van der Waals surface area contributed by atoms with Crippen molar-refractivity contribution in [2.75, 3.05) is 11.1 Å². The zero-order valence-electron chi connectivity index (χ0n) is 16.4. The van der Waals surface area contributed by atoms with Crippen molar-refractivity contribution in [3.8, 4) is 11.4 Å². The molecule has 0 radical (unpaired) electrons. The van der Waals surface area contributed by atoms with E-state index in [-0.39, 0.29) is 17.4 Å². The Kier molecular flexibility index (Phi) is 5.82. The fourth-order valence-corrected chi connectivity index (χ4v) is 5.33. The maximum atomic E-state index is 12.3. The molecule has 1 N–H and O–H groups in total. The van der Waals surface area contributed by atoms with Crippen molar-refractivity contribution in [3.63, 3.8) is 0 Å². The molecule has 1 amide bonds. The standard InChI is InChI=1S/C21H22N4O2S2/c1-13(26)14-6-5-7-15(10-14)22-19(27)12-29-21-24-23-20(25(21)2)17-11-28-18-9-4-3-8-16(17)18/h5-7,10-11H,3-4,8-9,12H2,1-2H3,(H,22,27). The molecule has 2 aromatic heterocycles. The lowest BCUT2D eigenvalue weighted by Crippen LogP contribution is -2.14. The average molecular weight is 427 g/mol. The number of carbonyl (C=O) groups is 2. The van der Waals surface area contributed by atoms with Gasteiger partial charge in [0.05, 0.1) is 5.75 Å². The minimum Gasteiger partial charge on any atom is -0.325 e. The highest BCUT2D eigenvalue weighted by atomic mass is 32.2. The number of Topliss-reactive ketones (excluding diaryl/α,β-unsaturated/α-hetero) is 1. The van der Waals surface area contributed by atoms with Crippen LogP contribution in [0.1, 0.15) is 40.6 Å². The van der Waals surface area contributed by atoms with E-state index in [0.29, 0.717) is 16.4 Å². The van der Waals surface area contributed by atoms with Crippen molar-refractivity contribution >= 4 is 40.5 Å². The Balaban J connectivity index is 1.42. The minimum atomic E-state index is -0.145. The van der Waals surface area contributed by atoms with E-state index in [2.05, 4.69) is 20.9 Å². The fourth-order valence-electron chi connectivity index (χ4n) is 3.50. The second-order valence-electron chi connectivity index (χ2n) is 7.10. The normalized spacial score (nSPS) is 13.2. The summed E-state index contributed by atoms with van der Waals surface area (Å²) in [6, 6.07) is 6.95. The highest BCUT2D eigenvalue weighted by Crippen LogP contribution is 2.36. The number of hydrogen-bond donors (Lipinski definition) is 1. The number of carbonyl (C=O) groups excluding carboxylic acids is 2. The molecule has 1 aromatic carbocycles. The SMILES string of the molecule is CC(=O)c1cccc(NC(=O)CSc2nnc(-c3csc4c3CCCC4)n2C)c1. The Bertz CT molecular complexity index is 1070. The predicted molar refractivity (Wildman–Crippen MR) is 117 cm³/mol. The van der Waals surface area contributed by atoms with Crippen LogP contribution >= 0.6 is 23.1 Å². The Morgan fingerprint density at radius 3 is 2.90 bits per heavy atom. The number of aromatic nitrogens is 3. The molecule has 3 aromatic rings. The van der Waals surface area contributed by atoms with Gasteiger partial charge in [-0.1, -0.05) is 23.9 Å². The Morgan fingerprint density at radius 1 is 1.24 bits per heavy atom. The first-order valence-electron chi connectivity index (χ1n) is 9.55. The van der Waals surface area contributed by atoms with Crippen molar-refractivity contribution in [1.29, 1.82) is 0 Å². The van der Waals surface area contributed by atoms with Crippen LogP contribution in [0.4, 0.5) is 5.69 Å². The zero-order chi connectivity index (χ0) is 20.4.